The molecule has 1 N–H and O–H groups in total. The number of phenols is 1. The predicted molar refractivity (Wildman–Crippen MR) is 77.1 cm³/mol. The molecule has 0 spiro atoms. The maximum absolute atomic E-state index is 13.4. The van der Waals surface area contributed by atoms with Gasteiger partial charge in [0, 0.05) is 37.3 Å². The van der Waals surface area contributed by atoms with Crippen LogP contribution in [0, 0.1) is 5.82 Å². The summed E-state index contributed by atoms with van der Waals surface area (Å²) in [6.07, 6.45) is 3.89. The van der Waals surface area contributed by atoms with Gasteiger partial charge in [-0.2, -0.15) is 0 Å². The lowest BCUT2D eigenvalue weighted by molar-refractivity contribution is 0.0107. The molecule has 0 aliphatic carbocycles. The molecule has 2 unspecified atom stereocenters. The van der Waals surface area contributed by atoms with Crippen molar-refractivity contribution in [3.05, 3.63) is 29.6 Å². The van der Waals surface area contributed by atoms with Gasteiger partial charge in [0.1, 0.15) is 0 Å². The molecule has 4 heteroatoms. The van der Waals surface area contributed by atoms with Gasteiger partial charge in [-0.1, -0.05) is 18.6 Å². The van der Waals surface area contributed by atoms with Gasteiger partial charge in [-0.05, 0) is 32.4 Å². The number of phenolic OH excluding ortho intramolecular Hbond substituents is 1. The number of nitrogens with zero attached hydrogens (tertiary/aromatic N) is 2. The summed E-state index contributed by atoms with van der Waals surface area (Å²) in [6.45, 7) is 6.18. The number of halogens is 1. The third kappa shape index (κ3) is 2.67. The summed E-state index contributed by atoms with van der Waals surface area (Å²) in [5.74, 6) is -0.711. The maximum Gasteiger partial charge on any atom is 0.165 e. The predicted octanol–water partition coefficient (Wildman–Crippen LogP) is 2.59. The molecule has 2 aliphatic rings. The van der Waals surface area contributed by atoms with Gasteiger partial charge in [-0.25, -0.2) is 4.39 Å². The Morgan fingerprint density at radius 3 is 3.00 bits per heavy atom. The Morgan fingerprint density at radius 1 is 1.30 bits per heavy atom. The molecule has 2 atom stereocenters. The van der Waals surface area contributed by atoms with E-state index in [1.807, 2.05) is 6.07 Å². The molecule has 110 valence electrons. The van der Waals surface area contributed by atoms with Crippen LogP contribution in [0.25, 0.3) is 0 Å². The topological polar surface area (TPSA) is 26.7 Å². The number of benzene rings is 1. The van der Waals surface area contributed by atoms with Crippen LogP contribution < -0.4 is 0 Å². The second-order valence-electron chi connectivity index (χ2n) is 6.17. The normalized spacial score (nSPS) is 28.3. The van der Waals surface area contributed by atoms with Crippen LogP contribution >= 0.6 is 0 Å². The minimum absolute atomic E-state index is 0.189. The lowest BCUT2D eigenvalue weighted by Gasteiger charge is -2.47. The van der Waals surface area contributed by atoms with Crippen molar-refractivity contribution in [2.45, 2.75) is 44.8 Å². The zero-order valence-corrected chi connectivity index (χ0v) is 12.1. The highest BCUT2D eigenvalue weighted by molar-refractivity contribution is 5.33. The molecule has 3 nitrogen and oxygen atoms in total. The number of rotatable bonds is 2. The van der Waals surface area contributed by atoms with Crippen molar-refractivity contribution in [1.29, 1.82) is 0 Å². The van der Waals surface area contributed by atoms with Crippen LogP contribution in [0.15, 0.2) is 18.2 Å². The molecule has 0 aromatic heterocycles. The number of hydrogen-bond donors (Lipinski definition) is 1. The summed E-state index contributed by atoms with van der Waals surface area (Å²) in [5.41, 5.74) is 0.695. The van der Waals surface area contributed by atoms with Gasteiger partial charge in [0.05, 0.1) is 0 Å². The molecule has 2 fully saturated rings. The zero-order valence-electron chi connectivity index (χ0n) is 12.1. The molecule has 0 radical (unpaired) electrons. The van der Waals surface area contributed by atoms with E-state index in [1.165, 1.54) is 31.9 Å². The summed E-state index contributed by atoms with van der Waals surface area (Å²) in [4.78, 5) is 4.97. The summed E-state index contributed by atoms with van der Waals surface area (Å²) >= 11 is 0. The van der Waals surface area contributed by atoms with Crippen molar-refractivity contribution < 1.29 is 9.50 Å². The van der Waals surface area contributed by atoms with E-state index >= 15 is 0 Å². The van der Waals surface area contributed by atoms with Crippen molar-refractivity contribution in [2.75, 3.05) is 19.6 Å². The van der Waals surface area contributed by atoms with E-state index in [-0.39, 0.29) is 5.75 Å². The van der Waals surface area contributed by atoms with E-state index < -0.39 is 5.82 Å². The molecule has 20 heavy (non-hydrogen) atoms. The first-order valence-electron chi connectivity index (χ1n) is 7.59. The molecule has 0 bridgehead atoms. The summed E-state index contributed by atoms with van der Waals surface area (Å²) < 4.78 is 13.4. The molecule has 2 saturated heterocycles. The van der Waals surface area contributed by atoms with Crippen LogP contribution in [0.2, 0.25) is 0 Å². The van der Waals surface area contributed by atoms with Crippen molar-refractivity contribution in [2.24, 2.45) is 0 Å². The Hall–Kier alpha value is -1.13. The van der Waals surface area contributed by atoms with E-state index in [0.717, 1.165) is 13.1 Å². The average molecular weight is 278 g/mol. The van der Waals surface area contributed by atoms with Crippen molar-refractivity contribution in [3.8, 4) is 5.75 Å². The molecule has 0 saturated carbocycles. The number of para-hydroxylation sites is 1. The molecule has 0 amide bonds. The van der Waals surface area contributed by atoms with E-state index in [9.17, 15) is 9.50 Å². The first-order chi connectivity index (χ1) is 9.65. The third-order valence-electron chi connectivity index (χ3n) is 4.76. The van der Waals surface area contributed by atoms with Gasteiger partial charge >= 0.3 is 0 Å². The van der Waals surface area contributed by atoms with Crippen LogP contribution in [0.5, 0.6) is 5.75 Å². The highest BCUT2D eigenvalue weighted by Crippen LogP contribution is 2.28. The van der Waals surface area contributed by atoms with E-state index in [4.69, 9.17) is 0 Å². The summed E-state index contributed by atoms with van der Waals surface area (Å²) in [7, 11) is 0. The van der Waals surface area contributed by atoms with E-state index in [1.54, 1.807) is 6.07 Å². The van der Waals surface area contributed by atoms with Crippen LogP contribution in [0.4, 0.5) is 4.39 Å². The average Bonchev–Trinajstić information content (AvgIpc) is 2.44. The Kier molecular flexibility index (Phi) is 3.94. The van der Waals surface area contributed by atoms with Crippen molar-refractivity contribution in [1.82, 2.24) is 9.80 Å². The SMILES string of the molecule is CC1CN2CCCCC2CN1Cc1cccc(F)c1O. The van der Waals surface area contributed by atoms with Crippen LogP contribution in [-0.4, -0.2) is 46.6 Å². The highest BCUT2D eigenvalue weighted by atomic mass is 19.1. The standard InChI is InChI=1S/C16H23FN2O/c1-12-9-18-8-3-2-6-14(18)11-19(12)10-13-5-4-7-15(17)16(13)20/h4-5,7,12,14,20H,2-3,6,8-11H2,1H3. The van der Waals surface area contributed by atoms with Crippen molar-refractivity contribution >= 4 is 0 Å². The molecule has 1 aromatic carbocycles. The molecule has 2 heterocycles. The zero-order chi connectivity index (χ0) is 14.1. The number of hydrogen-bond acceptors (Lipinski definition) is 3. The third-order valence-corrected chi connectivity index (χ3v) is 4.76. The minimum atomic E-state index is -0.522. The minimum Gasteiger partial charge on any atom is -0.505 e. The number of piperidine rings is 1. The number of aromatic hydroxyl groups is 1. The monoisotopic (exact) mass is 278 g/mol. The lowest BCUT2D eigenvalue weighted by atomic mass is 9.96. The van der Waals surface area contributed by atoms with Crippen molar-refractivity contribution in [3.63, 3.8) is 0 Å². The Morgan fingerprint density at radius 2 is 2.15 bits per heavy atom. The van der Waals surface area contributed by atoms with Crippen LogP contribution in [-0.2, 0) is 6.54 Å². The first kappa shape index (κ1) is 13.8. The lowest BCUT2D eigenvalue weighted by Crippen LogP contribution is -2.58. The molecular weight excluding hydrogens is 255 g/mol. The number of fused-ring (bicyclic) bond motifs is 1. The van der Waals surface area contributed by atoms with Gasteiger partial charge in [-0.15, -0.1) is 0 Å². The fourth-order valence-electron chi connectivity index (χ4n) is 3.54. The fourth-order valence-corrected chi connectivity index (χ4v) is 3.54. The second kappa shape index (κ2) is 5.70. The molecule has 1 aromatic rings. The molecular formula is C16H23FN2O. The summed E-state index contributed by atoms with van der Waals surface area (Å²) in [5, 5.41) is 9.83. The fraction of sp³-hybridized carbons (Fsp3) is 0.625. The van der Waals surface area contributed by atoms with Gasteiger partial charge in [0.2, 0.25) is 0 Å². The Bertz CT molecular complexity index is 480. The Balaban J connectivity index is 1.72. The van der Waals surface area contributed by atoms with Gasteiger partial charge < -0.3 is 5.11 Å². The highest BCUT2D eigenvalue weighted by Gasteiger charge is 2.33. The smallest absolute Gasteiger partial charge is 0.165 e. The first-order valence-corrected chi connectivity index (χ1v) is 7.59. The number of piperazine rings is 1. The van der Waals surface area contributed by atoms with Crippen LogP contribution in [0.1, 0.15) is 31.7 Å². The van der Waals surface area contributed by atoms with Crippen LogP contribution in [0.3, 0.4) is 0 Å². The molecule has 3 rings (SSSR count). The quantitative estimate of drug-likeness (QED) is 0.901. The van der Waals surface area contributed by atoms with Gasteiger partial charge in [0.25, 0.3) is 0 Å². The summed E-state index contributed by atoms with van der Waals surface area (Å²) in [6, 6.07) is 5.88. The maximum atomic E-state index is 13.4. The Labute approximate surface area is 120 Å². The second-order valence-corrected chi connectivity index (χ2v) is 6.17. The van der Waals surface area contributed by atoms with E-state index in [0.29, 0.717) is 24.2 Å². The van der Waals surface area contributed by atoms with E-state index in [2.05, 4.69) is 16.7 Å². The molecule has 2 aliphatic heterocycles. The van der Waals surface area contributed by atoms with Gasteiger partial charge in [0.15, 0.2) is 11.6 Å². The van der Waals surface area contributed by atoms with Gasteiger partial charge in [-0.3, -0.25) is 9.80 Å². The largest absolute Gasteiger partial charge is 0.505 e.